The number of ether oxygens (including phenoxy) is 2. The minimum absolute atomic E-state index is 0.299. The van der Waals surface area contributed by atoms with Gasteiger partial charge in [-0.1, -0.05) is 30.3 Å². The predicted molar refractivity (Wildman–Crippen MR) is 75.8 cm³/mol. The molecule has 1 aliphatic rings. The Kier molecular flexibility index (Phi) is 3.29. The maximum atomic E-state index is 11.8. The third-order valence-electron chi connectivity index (χ3n) is 3.16. The van der Waals surface area contributed by atoms with Crippen LogP contribution in [0.3, 0.4) is 0 Å². The molecule has 20 heavy (non-hydrogen) atoms. The summed E-state index contributed by atoms with van der Waals surface area (Å²) in [5, 5.41) is 3.21. The van der Waals surface area contributed by atoms with Gasteiger partial charge in [-0.2, -0.15) is 0 Å². The summed E-state index contributed by atoms with van der Waals surface area (Å²) in [7, 11) is 0. The molecule has 0 amide bonds. The minimum Gasteiger partial charge on any atom is -0.492 e. The van der Waals surface area contributed by atoms with E-state index in [2.05, 4.69) is 5.32 Å². The molecular weight excluding hydrogens is 254 g/mol. The first-order chi connectivity index (χ1) is 9.79. The van der Waals surface area contributed by atoms with Crippen LogP contribution in [0.1, 0.15) is 29.1 Å². The van der Waals surface area contributed by atoms with E-state index in [1.807, 2.05) is 49.4 Å². The van der Waals surface area contributed by atoms with E-state index in [1.165, 1.54) is 0 Å². The zero-order valence-corrected chi connectivity index (χ0v) is 11.1. The Hall–Kier alpha value is -2.49. The number of rotatable bonds is 4. The number of benzene rings is 2. The molecular formula is C16H15NO3. The molecule has 1 atom stereocenters. The average Bonchev–Trinajstić information content (AvgIpc) is 2.79. The third kappa shape index (κ3) is 2.20. The van der Waals surface area contributed by atoms with Crippen LogP contribution in [0.4, 0.5) is 5.69 Å². The number of nitrogens with one attached hydrogen (secondary N) is 1. The van der Waals surface area contributed by atoms with E-state index in [1.54, 1.807) is 6.07 Å². The molecule has 0 aromatic heterocycles. The van der Waals surface area contributed by atoms with Crippen molar-refractivity contribution in [3.63, 3.8) is 0 Å². The number of cyclic esters (lactones) is 1. The number of carbonyl (C=O) groups excluding carboxylic acids is 1. The normalized spacial score (nSPS) is 16.4. The lowest BCUT2D eigenvalue weighted by atomic mass is 10.1. The van der Waals surface area contributed by atoms with Gasteiger partial charge < -0.3 is 14.8 Å². The molecule has 0 aliphatic carbocycles. The number of para-hydroxylation sites is 2. The minimum atomic E-state index is -0.472. The summed E-state index contributed by atoms with van der Waals surface area (Å²) in [6, 6.07) is 15.0. The highest BCUT2D eigenvalue weighted by Crippen LogP contribution is 2.34. The van der Waals surface area contributed by atoms with Crippen LogP contribution in [-0.4, -0.2) is 12.6 Å². The molecule has 1 heterocycles. The summed E-state index contributed by atoms with van der Waals surface area (Å²) in [4.78, 5) is 11.8. The number of hydrogen-bond donors (Lipinski definition) is 1. The van der Waals surface area contributed by atoms with Crippen molar-refractivity contribution < 1.29 is 14.3 Å². The molecule has 4 heteroatoms. The first kappa shape index (κ1) is 12.5. The lowest BCUT2D eigenvalue weighted by Gasteiger charge is -2.17. The van der Waals surface area contributed by atoms with Crippen LogP contribution in [0.25, 0.3) is 0 Å². The highest BCUT2D eigenvalue weighted by molar-refractivity contribution is 5.94. The zero-order valence-electron chi connectivity index (χ0n) is 11.1. The number of esters is 1. The van der Waals surface area contributed by atoms with Gasteiger partial charge in [-0.25, -0.2) is 4.79 Å². The fraction of sp³-hybridized carbons (Fsp3) is 0.188. The fourth-order valence-electron chi connectivity index (χ4n) is 2.26. The summed E-state index contributed by atoms with van der Waals surface area (Å²) in [5.74, 6) is 0.447. The molecule has 4 nitrogen and oxygen atoms in total. The van der Waals surface area contributed by atoms with Crippen LogP contribution < -0.4 is 10.1 Å². The van der Waals surface area contributed by atoms with Gasteiger partial charge in [-0.05, 0) is 25.1 Å². The van der Waals surface area contributed by atoms with E-state index >= 15 is 0 Å². The second-order valence-corrected chi connectivity index (χ2v) is 4.45. The van der Waals surface area contributed by atoms with Gasteiger partial charge in [0.2, 0.25) is 6.23 Å². The van der Waals surface area contributed by atoms with Gasteiger partial charge in [0.05, 0.1) is 17.9 Å². The average molecular weight is 269 g/mol. The number of fused-ring (bicyclic) bond motifs is 1. The Morgan fingerprint density at radius 2 is 1.90 bits per heavy atom. The van der Waals surface area contributed by atoms with Gasteiger partial charge >= 0.3 is 5.97 Å². The van der Waals surface area contributed by atoms with Crippen LogP contribution in [0, 0.1) is 0 Å². The number of carbonyl (C=O) groups is 1. The second kappa shape index (κ2) is 5.25. The Bertz CT molecular complexity index is 639. The van der Waals surface area contributed by atoms with Crippen LogP contribution >= 0.6 is 0 Å². The van der Waals surface area contributed by atoms with Gasteiger partial charge in [0.25, 0.3) is 0 Å². The van der Waals surface area contributed by atoms with Gasteiger partial charge in [0.1, 0.15) is 5.75 Å². The molecule has 0 radical (unpaired) electrons. The largest absolute Gasteiger partial charge is 0.492 e. The molecule has 102 valence electrons. The van der Waals surface area contributed by atoms with Crippen molar-refractivity contribution in [1.29, 1.82) is 0 Å². The second-order valence-electron chi connectivity index (χ2n) is 4.45. The summed E-state index contributed by atoms with van der Waals surface area (Å²) >= 11 is 0. The number of anilines is 1. The molecule has 3 rings (SSSR count). The molecule has 2 aromatic rings. The van der Waals surface area contributed by atoms with Crippen molar-refractivity contribution in [2.45, 2.75) is 13.2 Å². The Morgan fingerprint density at radius 3 is 2.75 bits per heavy atom. The summed E-state index contributed by atoms with van der Waals surface area (Å²) in [6.07, 6.45) is -0.472. The van der Waals surface area contributed by atoms with Crippen molar-refractivity contribution in [3.05, 3.63) is 59.7 Å². The molecule has 0 spiro atoms. The lowest BCUT2D eigenvalue weighted by molar-refractivity contribution is 0.0436. The highest BCUT2D eigenvalue weighted by Gasteiger charge is 2.30. The first-order valence-electron chi connectivity index (χ1n) is 6.58. The van der Waals surface area contributed by atoms with Gasteiger partial charge in [-0.3, -0.25) is 0 Å². The van der Waals surface area contributed by atoms with Crippen molar-refractivity contribution >= 4 is 11.7 Å². The Morgan fingerprint density at radius 1 is 1.15 bits per heavy atom. The molecule has 1 unspecified atom stereocenters. The Labute approximate surface area is 117 Å². The SMILES string of the molecule is CCOc1ccccc1NC1OC(=O)c2ccccc21. The van der Waals surface area contributed by atoms with Crippen molar-refractivity contribution in [2.24, 2.45) is 0 Å². The van der Waals surface area contributed by atoms with Gasteiger partial charge in [0, 0.05) is 5.56 Å². The Balaban J connectivity index is 1.88. The van der Waals surface area contributed by atoms with E-state index in [0.717, 1.165) is 17.0 Å². The zero-order chi connectivity index (χ0) is 13.9. The van der Waals surface area contributed by atoms with Crippen LogP contribution in [-0.2, 0) is 4.74 Å². The van der Waals surface area contributed by atoms with Gasteiger partial charge in [0.15, 0.2) is 0 Å². The van der Waals surface area contributed by atoms with Crippen molar-refractivity contribution in [1.82, 2.24) is 0 Å². The van der Waals surface area contributed by atoms with E-state index in [4.69, 9.17) is 9.47 Å². The van der Waals surface area contributed by atoms with Crippen molar-refractivity contribution in [3.8, 4) is 5.75 Å². The monoisotopic (exact) mass is 269 g/mol. The van der Waals surface area contributed by atoms with Gasteiger partial charge in [-0.15, -0.1) is 0 Å². The summed E-state index contributed by atoms with van der Waals surface area (Å²) in [5.41, 5.74) is 2.27. The smallest absolute Gasteiger partial charge is 0.340 e. The third-order valence-corrected chi connectivity index (χ3v) is 3.16. The van der Waals surface area contributed by atoms with Crippen LogP contribution in [0.15, 0.2) is 48.5 Å². The topological polar surface area (TPSA) is 47.6 Å². The number of hydrogen-bond acceptors (Lipinski definition) is 4. The fourth-order valence-corrected chi connectivity index (χ4v) is 2.26. The maximum Gasteiger partial charge on any atom is 0.340 e. The first-order valence-corrected chi connectivity index (χ1v) is 6.58. The molecule has 0 saturated carbocycles. The van der Waals surface area contributed by atoms with E-state index in [0.29, 0.717) is 12.2 Å². The molecule has 1 aliphatic heterocycles. The predicted octanol–water partition coefficient (Wildman–Crippen LogP) is 3.37. The lowest BCUT2D eigenvalue weighted by Crippen LogP contribution is -2.11. The van der Waals surface area contributed by atoms with E-state index in [9.17, 15) is 4.79 Å². The standard InChI is InChI=1S/C16H15NO3/c1-2-19-14-10-6-5-9-13(14)17-15-11-7-3-4-8-12(11)16(18)20-15/h3-10,15,17H,2H2,1H3. The molecule has 1 N–H and O–H groups in total. The van der Waals surface area contributed by atoms with Crippen LogP contribution in [0.5, 0.6) is 5.75 Å². The molecule has 2 aromatic carbocycles. The molecule has 0 bridgehead atoms. The maximum absolute atomic E-state index is 11.8. The van der Waals surface area contributed by atoms with Crippen LogP contribution in [0.2, 0.25) is 0 Å². The van der Waals surface area contributed by atoms with Crippen molar-refractivity contribution in [2.75, 3.05) is 11.9 Å². The summed E-state index contributed by atoms with van der Waals surface area (Å²) < 4.78 is 10.9. The molecule has 0 fully saturated rings. The summed E-state index contributed by atoms with van der Waals surface area (Å²) in [6.45, 7) is 2.52. The van der Waals surface area contributed by atoms with E-state index < -0.39 is 6.23 Å². The van der Waals surface area contributed by atoms with E-state index in [-0.39, 0.29) is 5.97 Å². The quantitative estimate of drug-likeness (QED) is 0.864. The molecule has 0 saturated heterocycles. The highest BCUT2D eigenvalue weighted by atomic mass is 16.6.